The van der Waals surface area contributed by atoms with Crippen molar-refractivity contribution in [2.24, 2.45) is 0 Å². The molecule has 0 amide bonds. The lowest BCUT2D eigenvalue weighted by atomic mass is 9.99. The first-order valence-corrected chi connectivity index (χ1v) is 6.05. The highest BCUT2D eigenvalue weighted by Crippen LogP contribution is 2.33. The number of hydrogen-bond acceptors (Lipinski definition) is 2. The molecule has 2 aromatic rings. The van der Waals surface area contributed by atoms with Gasteiger partial charge >= 0.3 is 0 Å². The van der Waals surface area contributed by atoms with E-state index in [9.17, 15) is 0 Å². The van der Waals surface area contributed by atoms with E-state index in [1.165, 1.54) is 5.56 Å². The van der Waals surface area contributed by atoms with Crippen molar-refractivity contribution in [3.63, 3.8) is 0 Å². The third-order valence-corrected chi connectivity index (χ3v) is 3.21. The Bertz CT molecular complexity index is 589. The number of benzene rings is 2. The zero-order valence-corrected chi connectivity index (χ0v) is 10.3. The second-order valence-electron chi connectivity index (χ2n) is 4.31. The number of para-hydroxylation sites is 2. The minimum Gasteiger partial charge on any atom is -0.496 e. The molecule has 0 fully saturated rings. The predicted octanol–water partition coefficient (Wildman–Crippen LogP) is 3.88. The molecule has 1 aliphatic heterocycles. The summed E-state index contributed by atoms with van der Waals surface area (Å²) in [5.74, 6) is 0.916. The molecule has 0 aromatic heterocycles. The number of fused-ring (bicyclic) bond motifs is 1. The molecule has 0 spiro atoms. The van der Waals surface area contributed by atoms with E-state index in [1.807, 2.05) is 30.3 Å². The van der Waals surface area contributed by atoms with E-state index in [0.717, 1.165) is 17.0 Å². The maximum atomic E-state index is 5.41. The Morgan fingerprint density at radius 3 is 2.67 bits per heavy atom. The van der Waals surface area contributed by atoms with Gasteiger partial charge in [0.05, 0.1) is 13.2 Å². The molecule has 0 unspecified atom stereocenters. The summed E-state index contributed by atoms with van der Waals surface area (Å²) < 4.78 is 5.41. The molecule has 2 aromatic carbocycles. The van der Waals surface area contributed by atoms with E-state index in [2.05, 4.69) is 35.7 Å². The lowest BCUT2D eigenvalue weighted by molar-refractivity contribution is 0.409. The van der Waals surface area contributed by atoms with Gasteiger partial charge in [0, 0.05) is 11.3 Å². The molecule has 3 rings (SSSR count). The third-order valence-electron chi connectivity index (χ3n) is 3.21. The fourth-order valence-electron chi connectivity index (χ4n) is 2.29. The topological polar surface area (TPSA) is 21.3 Å². The molecule has 0 aliphatic carbocycles. The number of rotatable bonds is 2. The molecule has 2 nitrogen and oxygen atoms in total. The van der Waals surface area contributed by atoms with Crippen LogP contribution in [-0.2, 0) is 0 Å². The number of ether oxygens (including phenoxy) is 1. The predicted molar refractivity (Wildman–Crippen MR) is 74.8 cm³/mol. The van der Waals surface area contributed by atoms with Gasteiger partial charge in [0.1, 0.15) is 5.75 Å². The Kier molecular flexibility index (Phi) is 2.77. The van der Waals surface area contributed by atoms with Gasteiger partial charge in [0.25, 0.3) is 0 Å². The third kappa shape index (κ3) is 1.86. The molecule has 18 heavy (non-hydrogen) atoms. The zero-order chi connectivity index (χ0) is 12.4. The summed E-state index contributed by atoms with van der Waals surface area (Å²) in [5.41, 5.74) is 3.55. The fourth-order valence-corrected chi connectivity index (χ4v) is 2.29. The molecule has 0 bridgehead atoms. The van der Waals surface area contributed by atoms with Crippen molar-refractivity contribution in [3.8, 4) is 5.75 Å². The summed E-state index contributed by atoms with van der Waals surface area (Å²) in [5, 5.41) is 3.52. The van der Waals surface area contributed by atoms with Gasteiger partial charge < -0.3 is 10.1 Å². The van der Waals surface area contributed by atoms with E-state index < -0.39 is 0 Å². The van der Waals surface area contributed by atoms with E-state index >= 15 is 0 Å². The molecule has 0 saturated heterocycles. The van der Waals surface area contributed by atoms with Crippen LogP contribution in [0.2, 0.25) is 0 Å². The normalized spacial score (nSPS) is 16.8. The van der Waals surface area contributed by atoms with Crippen LogP contribution in [0.25, 0.3) is 6.08 Å². The number of nitrogens with one attached hydrogen (secondary N) is 1. The summed E-state index contributed by atoms with van der Waals surface area (Å²) in [7, 11) is 1.71. The van der Waals surface area contributed by atoms with Crippen LogP contribution in [0, 0.1) is 0 Å². The Labute approximate surface area is 107 Å². The van der Waals surface area contributed by atoms with Crippen molar-refractivity contribution >= 4 is 11.8 Å². The average Bonchev–Trinajstić information content (AvgIpc) is 2.46. The first-order valence-electron chi connectivity index (χ1n) is 6.05. The standard InChI is InChI=1S/C16H15NO/c1-18-16-9-5-3-7-13(16)15-11-10-12-6-2-4-8-14(12)17-15/h2-11,15,17H,1H3/t15-/m1/s1. The molecule has 1 atom stereocenters. The monoisotopic (exact) mass is 237 g/mol. The highest BCUT2D eigenvalue weighted by atomic mass is 16.5. The highest BCUT2D eigenvalue weighted by molar-refractivity contribution is 5.71. The fraction of sp³-hybridized carbons (Fsp3) is 0.125. The van der Waals surface area contributed by atoms with Gasteiger partial charge in [0.15, 0.2) is 0 Å². The molecule has 0 radical (unpaired) electrons. The van der Waals surface area contributed by atoms with Crippen LogP contribution in [0.4, 0.5) is 5.69 Å². The molecule has 90 valence electrons. The van der Waals surface area contributed by atoms with Crippen LogP contribution >= 0.6 is 0 Å². The quantitative estimate of drug-likeness (QED) is 0.856. The minimum atomic E-state index is 0.163. The first-order chi connectivity index (χ1) is 8.88. The average molecular weight is 237 g/mol. The maximum absolute atomic E-state index is 5.41. The Morgan fingerprint density at radius 2 is 1.78 bits per heavy atom. The summed E-state index contributed by atoms with van der Waals surface area (Å²) in [6, 6.07) is 16.6. The van der Waals surface area contributed by atoms with Gasteiger partial charge in [-0.05, 0) is 17.7 Å². The minimum absolute atomic E-state index is 0.163. The number of hydrogen-bond donors (Lipinski definition) is 1. The smallest absolute Gasteiger partial charge is 0.124 e. The van der Waals surface area contributed by atoms with Crippen LogP contribution in [0.1, 0.15) is 17.2 Å². The largest absolute Gasteiger partial charge is 0.496 e. The first kappa shape index (κ1) is 10.9. The van der Waals surface area contributed by atoms with Crippen molar-refractivity contribution in [2.45, 2.75) is 6.04 Å². The van der Waals surface area contributed by atoms with E-state index in [-0.39, 0.29) is 6.04 Å². The molecule has 0 saturated carbocycles. The van der Waals surface area contributed by atoms with E-state index in [0.29, 0.717) is 0 Å². The van der Waals surface area contributed by atoms with Crippen molar-refractivity contribution in [2.75, 3.05) is 12.4 Å². The summed E-state index contributed by atoms with van der Waals surface area (Å²) in [6.45, 7) is 0. The van der Waals surface area contributed by atoms with Gasteiger partial charge in [-0.15, -0.1) is 0 Å². The Morgan fingerprint density at radius 1 is 1.00 bits per heavy atom. The van der Waals surface area contributed by atoms with Crippen LogP contribution in [0.15, 0.2) is 54.6 Å². The van der Waals surface area contributed by atoms with Gasteiger partial charge in [0.2, 0.25) is 0 Å². The van der Waals surface area contributed by atoms with Crippen molar-refractivity contribution in [3.05, 3.63) is 65.7 Å². The SMILES string of the molecule is COc1ccccc1[C@H]1C=Cc2ccccc2N1. The molecular weight excluding hydrogens is 222 g/mol. The van der Waals surface area contributed by atoms with Crippen molar-refractivity contribution < 1.29 is 4.74 Å². The maximum Gasteiger partial charge on any atom is 0.124 e. The zero-order valence-electron chi connectivity index (χ0n) is 10.3. The van der Waals surface area contributed by atoms with Gasteiger partial charge in [-0.25, -0.2) is 0 Å². The van der Waals surface area contributed by atoms with Crippen LogP contribution in [0.5, 0.6) is 5.75 Å². The molecular formula is C16H15NO. The summed E-state index contributed by atoms with van der Waals surface area (Å²) in [6.07, 6.45) is 4.32. The highest BCUT2D eigenvalue weighted by Gasteiger charge is 2.16. The lowest BCUT2D eigenvalue weighted by Gasteiger charge is -2.24. The summed E-state index contributed by atoms with van der Waals surface area (Å²) >= 11 is 0. The van der Waals surface area contributed by atoms with Crippen LogP contribution in [-0.4, -0.2) is 7.11 Å². The number of methoxy groups -OCH3 is 1. The Balaban J connectivity index is 1.97. The molecule has 1 aliphatic rings. The Hall–Kier alpha value is -2.22. The second kappa shape index (κ2) is 4.57. The van der Waals surface area contributed by atoms with E-state index in [1.54, 1.807) is 7.11 Å². The van der Waals surface area contributed by atoms with Crippen molar-refractivity contribution in [1.29, 1.82) is 0 Å². The second-order valence-corrected chi connectivity index (χ2v) is 4.31. The molecule has 1 N–H and O–H groups in total. The molecule has 2 heteroatoms. The van der Waals surface area contributed by atoms with Gasteiger partial charge in [-0.1, -0.05) is 48.6 Å². The summed E-state index contributed by atoms with van der Waals surface area (Å²) in [4.78, 5) is 0. The van der Waals surface area contributed by atoms with E-state index in [4.69, 9.17) is 4.74 Å². The lowest BCUT2D eigenvalue weighted by Crippen LogP contribution is -2.12. The van der Waals surface area contributed by atoms with Gasteiger partial charge in [-0.2, -0.15) is 0 Å². The van der Waals surface area contributed by atoms with Crippen LogP contribution in [0.3, 0.4) is 0 Å². The van der Waals surface area contributed by atoms with Crippen molar-refractivity contribution in [1.82, 2.24) is 0 Å². The number of anilines is 1. The molecule has 1 heterocycles. The van der Waals surface area contributed by atoms with Crippen LogP contribution < -0.4 is 10.1 Å². The van der Waals surface area contributed by atoms with Gasteiger partial charge in [-0.3, -0.25) is 0 Å².